The summed E-state index contributed by atoms with van der Waals surface area (Å²) in [6.07, 6.45) is 2.24. The number of nitrogens with zero attached hydrogens (tertiary/aromatic N) is 3. The zero-order chi connectivity index (χ0) is 16.9. The quantitative estimate of drug-likeness (QED) is 0.243. The SMILES string of the molecule is CCC(=NOS)Oc1cc(OC)ccc1-c1nc2ncccc2[nH]1. The summed E-state index contributed by atoms with van der Waals surface area (Å²) in [7, 11) is 1.59. The van der Waals surface area contributed by atoms with Gasteiger partial charge in [-0.25, -0.2) is 9.97 Å². The molecule has 24 heavy (non-hydrogen) atoms. The number of ether oxygens (including phenoxy) is 2. The Morgan fingerprint density at radius 3 is 2.92 bits per heavy atom. The van der Waals surface area contributed by atoms with Gasteiger partial charge in [0.15, 0.2) is 5.65 Å². The molecular weight excluding hydrogens is 328 g/mol. The van der Waals surface area contributed by atoms with Gasteiger partial charge in [-0.05, 0) is 29.4 Å². The van der Waals surface area contributed by atoms with Crippen molar-refractivity contribution in [1.82, 2.24) is 15.0 Å². The molecule has 0 aliphatic heterocycles. The number of benzene rings is 1. The molecule has 0 saturated heterocycles. The number of nitrogens with one attached hydrogen (secondary N) is 1. The van der Waals surface area contributed by atoms with Crippen LogP contribution in [0.3, 0.4) is 0 Å². The number of methoxy groups -OCH3 is 1. The first kappa shape index (κ1) is 16.1. The van der Waals surface area contributed by atoms with Crippen molar-refractivity contribution >= 4 is 30.0 Å². The van der Waals surface area contributed by atoms with Gasteiger partial charge in [0.2, 0.25) is 5.90 Å². The fourth-order valence-corrected chi connectivity index (χ4v) is 2.30. The molecule has 0 aliphatic rings. The van der Waals surface area contributed by atoms with Crippen molar-refractivity contribution < 1.29 is 13.8 Å². The van der Waals surface area contributed by atoms with E-state index >= 15 is 0 Å². The Morgan fingerprint density at radius 2 is 2.21 bits per heavy atom. The van der Waals surface area contributed by atoms with Crippen LogP contribution in [0.25, 0.3) is 22.6 Å². The number of imidazole rings is 1. The molecule has 0 bridgehead atoms. The second-order valence-corrected chi connectivity index (χ2v) is 5.01. The Bertz CT molecular complexity index is 846. The van der Waals surface area contributed by atoms with Gasteiger partial charge in [-0.1, -0.05) is 6.92 Å². The Balaban J connectivity index is 2.07. The standard InChI is InChI=1S/C16H16N4O3S/c1-3-14(20-23-24)22-13-9-10(21-2)6-7-11(13)15-18-12-5-4-8-17-16(12)19-15/h4-9,24H,3H2,1-2H3,(H,17,18,19). The molecule has 2 heterocycles. The van der Waals surface area contributed by atoms with E-state index in [0.717, 1.165) is 11.1 Å². The van der Waals surface area contributed by atoms with E-state index in [9.17, 15) is 0 Å². The van der Waals surface area contributed by atoms with Crippen molar-refractivity contribution in [3.63, 3.8) is 0 Å². The van der Waals surface area contributed by atoms with Gasteiger partial charge in [0.25, 0.3) is 0 Å². The molecule has 0 amide bonds. The summed E-state index contributed by atoms with van der Waals surface area (Å²) in [5, 5.41) is 3.75. The highest BCUT2D eigenvalue weighted by molar-refractivity contribution is 7.75. The summed E-state index contributed by atoms with van der Waals surface area (Å²) in [6, 6.07) is 9.22. The minimum absolute atomic E-state index is 0.383. The van der Waals surface area contributed by atoms with E-state index in [0.29, 0.717) is 35.3 Å². The molecule has 1 N–H and O–H groups in total. The average Bonchev–Trinajstić information content (AvgIpc) is 3.05. The zero-order valence-corrected chi connectivity index (χ0v) is 14.1. The van der Waals surface area contributed by atoms with E-state index in [-0.39, 0.29) is 0 Å². The highest BCUT2D eigenvalue weighted by atomic mass is 32.1. The molecule has 124 valence electrons. The van der Waals surface area contributed by atoms with E-state index in [4.69, 9.17) is 9.47 Å². The third kappa shape index (κ3) is 3.28. The molecular formula is C16H16N4O3S. The van der Waals surface area contributed by atoms with Crippen LogP contribution in [0.1, 0.15) is 13.3 Å². The predicted molar refractivity (Wildman–Crippen MR) is 94.3 cm³/mol. The second-order valence-electron chi connectivity index (χ2n) is 4.84. The lowest BCUT2D eigenvalue weighted by Crippen LogP contribution is -2.08. The van der Waals surface area contributed by atoms with Gasteiger partial charge in [-0.2, -0.15) is 0 Å². The van der Waals surface area contributed by atoms with E-state index in [1.165, 1.54) is 0 Å². The Morgan fingerprint density at radius 1 is 1.33 bits per heavy atom. The van der Waals surface area contributed by atoms with Gasteiger partial charge in [-0.15, -0.1) is 0 Å². The summed E-state index contributed by atoms with van der Waals surface area (Å²) in [4.78, 5) is 12.0. The van der Waals surface area contributed by atoms with E-state index in [1.54, 1.807) is 19.4 Å². The molecule has 0 saturated carbocycles. The van der Waals surface area contributed by atoms with Crippen LogP contribution in [0.15, 0.2) is 41.7 Å². The van der Waals surface area contributed by atoms with Crippen LogP contribution in [-0.4, -0.2) is 28.0 Å². The Hall–Kier alpha value is -2.74. The third-order valence-electron chi connectivity index (χ3n) is 3.37. The first-order valence-electron chi connectivity index (χ1n) is 7.29. The minimum Gasteiger partial charge on any atom is -0.497 e. The molecule has 2 aromatic heterocycles. The highest BCUT2D eigenvalue weighted by Gasteiger charge is 2.15. The summed E-state index contributed by atoms with van der Waals surface area (Å²) >= 11 is 3.63. The number of hydrogen-bond acceptors (Lipinski definition) is 7. The summed E-state index contributed by atoms with van der Waals surface area (Å²) in [6.45, 7) is 1.90. The van der Waals surface area contributed by atoms with Crippen LogP contribution in [0.4, 0.5) is 0 Å². The van der Waals surface area contributed by atoms with Gasteiger partial charge < -0.3 is 18.7 Å². The lowest BCUT2D eigenvalue weighted by atomic mass is 10.2. The molecule has 0 fully saturated rings. The molecule has 0 spiro atoms. The van der Waals surface area contributed by atoms with Crippen LogP contribution >= 0.6 is 12.9 Å². The maximum atomic E-state index is 5.84. The van der Waals surface area contributed by atoms with Gasteiger partial charge in [-0.3, -0.25) is 0 Å². The summed E-state index contributed by atoms with van der Waals surface area (Å²) in [5.74, 6) is 2.22. The first-order chi connectivity index (χ1) is 11.7. The van der Waals surface area contributed by atoms with E-state index in [1.807, 2.05) is 31.2 Å². The van der Waals surface area contributed by atoms with Gasteiger partial charge in [0, 0.05) is 18.7 Å². The van der Waals surface area contributed by atoms with Crippen molar-refractivity contribution in [2.75, 3.05) is 7.11 Å². The van der Waals surface area contributed by atoms with E-state index < -0.39 is 0 Å². The Labute approximate surface area is 144 Å². The summed E-state index contributed by atoms with van der Waals surface area (Å²) in [5.41, 5.74) is 2.24. The van der Waals surface area contributed by atoms with Crippen molar-refractivity contribution in [2.45, 2.75) is 13.3 Å². The largest absolute Gasteiger partial charge is 0.497 e. The van der Waals surface area contributed by atoms with Crippen LogP contribution in [-0.2, 0) is 4.28 Å². The van der Waals surface area contributed by atoms with Crippen molar-refractivity contribution in [2.24, 2.45) is 5.16 Å². The number of oxime groups is 1. The number of hydrogen-bond donors (Lipinski definition) is 2. The fourth-order valence-electron chi connectivity index (χ4n) is 2.21. The third-order valence-corrected chi connectivity index (χ3v) is 3.46. The van der Waals surface area contributed by atoms with Gasteiger partial charge in [0.05, 0.1) is 31.1 Å². The fraction of sp³-hybridized carbons (Fsp3) is 0.188. The van der Waals surface area contributed by atoms with Crippen LogP contribution in [0, 0.1) is 0 Å². The molecule has 8 heteroatoms. The molecule has 7 nitrogen and oxygen atoms in total. The normalized spacial score (nSPS) is 11.5. The van der Waals surface area contributed by atoms with Crippen molar-refractivity contribution in [3.05, 3.63) is 36.5 Å². The number of aromatic nitrogens is 3. The lowest BCUT2D eigenvalue weighted by Gasteiger charge is -2.11. The van der Waals surface area contributed by atoms with Crippen LogP contribution in [0.5, 0.6) is 11.5 Å². The van der Waals surface area contributed by atoms with Gasteiger partial charge in [0.1, 0.15) is 17.3 Å². The lowest BCUT2D eigenvalue weighted by molar-refractivity contribution is 0.381. The number of H-pyrrole nitrogens is 1. The topological polar surface area (TPSA) is 81.6 Å². The maximum Gasteiger partial charge on any atom is 0.232 e. The smallest absolute Gasteiger partial charge is 0.232 e. The summed E-state index contributed by atoms with van der Waals surface area (Å²) < 4.78 is 15.6. The van der Waals surface area contributed by atoms with Gasteiger partial charge >= 0.3 is 0 Å². The number of fused-ring (bicyclic) bond motifs is 1. The number of pyridine rings is 1. The maximum absolute atomic E-state index is 5.84. The number of aromatic amines is 1. The number of thiol groups is 1. The first-order valence-corrected chi connectivity index (χ1v) is 7.66. The van der Waals surface area contributed by atoms with Crippen LogP contribution < -0.4 is 9.47 Å². The molecule has 1 aromatic carbocycles. The minimum atomic E-state index is 0.383. The van der Waals surface area contributed by atoms with Crippen LogP contribution in [0.2, 0.25) is 0 Å². The molecule has 0 aliphatic carbocycles. The molecule has 0 unspecified atom stereocenters. The molecule has 0 atom stereocenters. The predicted octanol–water partition coefficient (Wildman–Crippen LogP) is 3.60. The van der Waals surface area contributed by atoms with E-state index in [2.05, 4.69) is 37.3 Å². The zero-order valence-electron chi connectivity index (χ0n) is 13.2. The molecule has 3 aromatic rings. The molecule has 3 rings (SSSR count). The van der Waals surface area contributed by atoms with Crippen molar-refractivity contribution in [1.29, 1.82) is 0 Å². The number of rotatable bonds is 5. The Kier molecular flexibility index (Phi) is 4.85. The monoisotopic (exact) mass is 344 g/mol. The van der Waals surface area contributed by atoms with Crippen molar-refractivity contribution in [3.8, 4) is 22.9 Å². The molecule has 0 radical (unpaired) electrons. The second kappa shape index (κ2) is 7.22. The average molecular weight is 344 g/mol. The highest BCUT2D eigenvalue weighted by Crippen LogP contribution is 2.33.